The van der Waals surface area contributed by atoms with Crippen molar-refractivity contribution >= 4 is 34.2 Å². The van der Waals surface area contributed by atoms with E-state index >= 15 is 0 Å². The highest BCUT2D eigenvalue weighted by atomic mass is 16.6. The minimum atomic E-state index is -1.32. The zero-order chi connectivity index (χ0) is 27.2. The van der Waals surface area contributed by atoms with E-state index in [1.54, 1.807) is 9.80 Å². The van der Waals surface area contributed by atoms with Crippen LogP contribution >= 0.6 is 0 Å². The molecule has 0 saturated carbocycles. The minimum Gasteiger partial charge on any atom is -0.465 e. The molecule has 1 spiro atoms. The number of aliphatic hydroxyl groups is 1. The second-order valence-corrected chi connectivity index (χ2v) is 11.1. The van der Waals surface area contributed by atoms with Gasteiger partial charge in [-0.2, -0.15) is 0 Å². The first-order valence-electron chi connectivity index (χ1n) is 13.8. The fraction of sp³-hybridized carbons (Fsp3) is 0.452. The summed E-state index contributed by atoms with van der Waals surface area (Å²) in [6, 6.07) is 12.9. The third kappa shape index (κ3) is 4.08. The summed E-state index contributed by atoms with van der Waals surface area (Å²) in [4.78, 5) is 45.4. The summed E-state index contributed by atoms with van der Waals surface area (Å²) >= 11 is 0. The maximum atomic E-state index is 14.5. The average molecular weight is 531 g/mol. The number of ether oxygens (including phenoxy) is 2. The highest BCUT2D eigenvalue weighted by molar-refractivity contribution is 6.06. The molecule has 0 aliphatic carbocycles. The summed E-state index contributed by atoms with van der Waals surface area (Å²) in [5, 5.41) is 11.5. The number of carbonyl (C=O) groups excluding carboxylic acids is 3. The molecule has 4 aliphatic heterocycles. The number of carbonyl (C=O) groups is 3. The molecule has 0 radical (unpaired) electrons. The van der Waals surface area contributed by atoms with E-state index in [4.69, 9.17) is 9.47 Å². The number of amides is 2. The van der Waals surface area contributed by atoms with Gasteiger partial charge in [0.1, 0.15) is 17.6 Å². The number of hydrogen-bond acceptors (Lipinski definition) is 6. The number of esters is 1. The number of nitrogens with zero attached hydrogens (tertiary/aromatic N) is 2. The molecule has 2 aromatic carbocycles. The van der Waals surface area contributed by atoms with Gasteiger partial charge in [-0.3, -0.25) is 14.4 Å². The topological polar surface area (TPSA) is 96.4 Å². The van der Waals surface area contributed by atoms with Gasteiger partial charge in [-0.1, -0.05) is 54.6 Å². The number of likely N-dealkylation sites (tertiary alicyclic amines) is 1. The molecule has 4 heterocycles. The van der Waals surface area contributed by atoms with Crippen LogP contribution in [0.15, 0.2) is 66.8 Å². The second kappa shape index (κ2) is 9.92. The van der Waals surface area contributed by atoms with Gasteiger partial charge in [-0.25, -0.2) is 0 Å². The smallest absolute Gasteiger partial charge is 0.313 e. The molecule has 1 unspecified atom stereocenters. The number of hydrogen-bond donors (Lipinski definition) is 1. The van der Waals surface area contributed by atoms with Gasteiger partial charge in [0.2, 0.25) is 5.91 Å². The molecule has 39 heavy (non-hydrogen) atoms. The molecule has 6 rings (SSSR count). The summed E-state index contributed by atoms with van der Waals surface area (Å²) in [5.74, 6) is -2.77. The molecular weight excluding hydrogens is 496 g/mol. The Morgan fingerprint density at radius 2 is 1.79 bits per heavy atom. The molecule has 2 amide bonds. The summed E-state index contributed by atoms with van der Waals surface area (Å²) < 4.78 is 12.4. The molecule has 2 fully saturated rings. The number of unbranched alkanes of at least 4 members (excludes halogenated alkanes) is 1. The minimum absolute atomic E-state index is 0.00729. The van der Waals surface area contributed by atoms with E-state index in [1.807, 2.05) is 73.7 Å². The Balaban J connectivity index is 1.46. The maximum Gasteiger partial charge on any atom is 0.313 e. The van der Waals surface area contributed by atoms with E-state index in [1.165, 1.54) is 0 Å². The summed E-state index contributed by atoms with van der Waals surface area (Å²) in [6.07, 6.45) is 10.0. The van der Waals surface area contributed by atoms with Gasteiger partial charge < -0.3 is 24.4 Å². The first-order valence-corrected chi connectivity index (χ1v) is 13.8. The van der Waals surface area contributed by atoms with Gasteiger partial charge in [0.15, 0.2) is 0 Å². The standard InChI is InChI=1S/C31H34N2O6/c1-30-14-5-2-8-19-38-29(37)25(30)24-27(35)33(16-6-7-18-34)26-28(36)32(17-9-15-31(24,26)39-30)23-13-12-21-10-3-4-11-22(21)20-23/h3-5,9-15,20,24-26,34H,2,6-8,16-19H2,1H3/b14-5-/t24-,25-,26?,30+,31-/m0/s1. The van der Waals surface area contributed by atoms with Crippen LogP contribution in [0.3, 0.4) is 0 Å². The number of aliphatic hydroxyl groups excluding tert-OH is 1. The van der Waals surface area contributed by atoms with Crippen LogP contribution in [0.1, 0.15) is 32.6 Å². The molecule has 1 N–H and O–H groups in total. The Labute approximate surface area is 227 Å². The van der Waals surface area contributed by atoms with Crippen molar-refractivity contribution < 1.29 is 29.0 Å². The van der Waals surface area contributed by atoms with E-state index in [2.05, 4.69) is 0 Å². The van der Waals surface area contributed by atoms with Crippen molar-refractivity contribution in [3.63, 3.8) is 0 Å². The quantitative estimate of drug-likeness (QED) is 0.362. The summed E-state index contributed by atoms with van der Waals surface area (Å²) in [7, 11) is 0. The predicted molar refractivity (Wildman–Crippen MR) is 146 cm³/mol. The van der Waals surface area contributed by atoms with E-state index in [0.717, 1.165) is 22.9 Å². The van der Waals surface area contributed by atoms with Crippen molar-refractivity contribution in [2.45, 2.75) is 49.9 Å². The number of rotatable bonds is 5. The van der Waals surface area contributed by atoms with Crippen molar-refractivity contribution in [3.05, 3.63) is 66.8 Å². The summed E-state index contributed by atoms with van der Waals surface area (Å²) in [5.41, 5.74) is -1.68. The molecule has 4 aliphatic rings. The lowest BCUT2D eigenvalue weighted by Crippen LogP contribution is -2.56. The highest BCUT2D eigenvalue weighted by Crippen LogP contribution is 2.57. The Hall–Kier alpha value is -3.49. The van der Waals surface area contributed by atoms with Crippen molar-refractivity contribution in [1.29, 1.82) is 0 Å². The molecular formula is C31H34N2O6. The van der Waals surface area contributed by atoms with Crippen molar-refractivity contribution in [2.75, 3.05) is 31.2 Å². The van der Waals surface area contributed by atoms with E-state index in [0.29, 0.717) is 25.8 Å². The Morgan fingerprint density at radius 1 is 0.974 bits per heavy atom. The first-order chi connectivity index (χ1) is 18.9. The largest absolute Gasteiger partial charge is 0.465 e. The fourth-order valence-electron chi connectivity index (χ4n) is 6.84. The van der Waals surface area contributed by atoms with Crippen LogP contribution in [0.25, 0.3) is 10.8 Å². The van der Waals surface area contributed by atoms with Crippen LogP contribution in [0.5, 0.6) is 0 Å². The Bertz CT molecular complexity index is 1370. The zero-order valence-electron chi connectivity index (χ0n) is 22.1. The molecule has 5 atom stereocenters. The molecule has 0 bridgehead atoms. The lowest BCUT2D eigenvalue weighted by molar-refractivity contribution is -0.158. The van der Waals surface area contributed by atoms with E-state index in [9.17, 15) is 19.5 Å². The average Bonchev–Trinajstić information content (AvgIpc) is 3.27. The molecule has 2 aromatic rings. The number of cyclic esters (lactones) is 1. The Morgan fingerprint density at radius 3 is 2.62 bits per heavy atom. The van der Waals surface area contributed by atoms with Gasteiger partial charge in [-0.15, -0.1) is 0 Å². The highest BCUT2D eigenvalue weighted by Gasteiger charge is 2.74. The van der Waals surface area contributed by atoms with Crippen LogP contribution in [0, 0.1) is 11.8 Å². The Kier molecular flexibility index (Phi) is 6.55. The maximum absolute atomic E-state index is 14.5. The molecule has 0 aromatic heterocycles. The monoisotopic (exact) mass is 530 g/mol. The second-order valence-electron chi connectivity index (χ2n) is 11.1. The van der Waals surface area contributed by atoms with Gasteiger partial charge in [0, 0.05) is 25.4 Å². The number of anilines is 1. The number of fused-ring (bicyclic) bond motifs is 3. The molecule has 8 nitrogen and oxygen atoms in total. The fourth-order valence-corrected chi connectivity index (χ4v) is 6.84. The molecule has 204 valence electrons. The zero-order valence-corrected chi connectivity index (χ0v) is 22.1. The predicted octanol–water partition coefficient (Wildman–Crippen LogP) is 3.38. The molecule has 8 heteroatoms. The summed E-state index contributed by atoms with van der Waals surface area (Å²) in [6.45, 7) is 2.68. The van der Waals surface area contributed by atoms with Crippen LogP contribution in [-0.4, -0.2) is 71.3 Å². The lowest BCUT2D eigenvalue weighted by atomic mass is 9.74. The van der Waals surface area contributed by atoms with Crippen molar-refractivity contribution in [2.24, 2.45) is 11.8 Å². The van der Waals surface area contributed by atoms with Crippen molar-refractivity contribution in [1.82, 2.24) is 4.90 Å². The van der Waals surface area contributed by atoms with Crippen molar-refractivity contribution in [3.8, 4) is 0 Å². The van der Waals surface area contributed by atoms with Gasteiger partial charge in [-0.05, 0) is 55.5 Å². The number of allylic oxidation sites excluding steroid dienone is 1. The van der Waals surface area contributed by atoms with Crippen LogP contribution < -0.4 is 4.90 Å². The first kappa shape index (κ1) is 25.8. The van der Waals surface area contributed by atoms with E-state index < -0.39 is 35.0 Å². The molecule has 2 saturated heterocycles. The van der Waals surface area contributed by atoms with E-state index in [-0.39, 0.29) is 31.6 Å². The van der Waals surface area contributed by atoms with Gasteiger partial charge in [0.25, 0.3) is 5.91 Å². The van der Waals surface area contributed by atoms with Crippen LogP contribution in [-0.2, 0) is 23.9 Å². The lowest BCUT2D eigenvalue weighted by Gasteiger charge is -2.37. The van der Waals surface area contributed by atoms with Crippen LogP contribution in [0.2, 0.25) is 0 Å². The normalized spacial score (nSPS) is 33.1. The van der Waals surface area contributed by atoms with Crippen LogP contribution in [0.4, 0.5) is 5.69 Å². The number of benzene rings is 2. The van der Waals surface area contributed by atoms with Gasteiger partial charge >= 0.3 is 5.97 Å². The van der Waals surface area contributed by atoms with Gasteiger partial charge in [0.05, 0.1) is 18.1 Å². The third-order valence-corrected chi connectivity index (χ3v) is 8.60. The third-order valence-electron chi connectivity index (χ3n) is 8.60. The SMILES string of the molecule is C[C@@]12/C=C\CCCOC(=O)[C@@H]1[C@H]1C(=O)N(CCCCO)C3C(=O)N(c4ccc5ccccc5c4)CC=C[C@@]31O2.